The molecule has 0 aromatic carbocycles. The van der Waals surface area contributed by atoms with E-state index in [9.17, 15) is 9.59 Å². The first-order valence-electron chi connectivity index (χ1n) is 7.11. The highest BCUT2D eigenvalue weighted by atomic mass is 32.1. The lowest BCUT2D eigenvalue weighted by atomic mass is 10.1. The van der Waals surface area contributed by atoms with Crippen LogP contribution < -0.4 is 5.32 Å². The summed E-state index contributed by atoms with van der Waals surface area (Å²) < 4.78 is 10.4. The van der Waals surface area contributed by atoms with Crippen molar-refractivity contribution in [2.24, 2.45) is 0 Å². The Morgan fingerprint density at radius 1 is 1.22 bits per heavy atom. The van der Waals surface area contributed by atoms with Crippen LogP contribution in [0.5, 0.6) is 0 Å². The average molecular weight is 330 g/mol. The van der Waals surface area contributed by atoms with Gasteiger partial charge in [0.15, 0.2) is 22.4 Å². The molecule has 0 saturated heterocycles. The van der Waals surface area contributed by atoms with Crippen molar-refractivity contribution in [3.05, 3.63) is 47.4 Å². The van der Waals surface area contributed by atoms with Crippen molar-refractivity contribution in [3.8, 4) is 11.5 Å². The van der Waals surface area contributed by atoms with E-state index in [1.54, 1.807) is 24.3 Å². The molecule has 3 aromatic heterocycles. The Balaban J connectivity index is 1.91. The number of nitrogens with one attached hydrogen (secondary N) is 1. The van der Waals surface area contributed by atoms with Crippen molar-refractivity contribution in [1.82, 2.24) is 4.98 Å². The van der Waals surface area contributed by atoms with E-state index in [1.165, 1.54) is 12.5 Å². The Labute approximate surface area is 136 Å². The van der Waals surface area contributed by atoms with Crippen LogP contribution in [0.3, 0.4) is 0 Å². The first-order valence-corrected chi connectivity index (χ1v) is 7.93. The number of rotatable bonds is 6. The van der Waals surface area contributed by atoms with E-state index >= 15 is 0 Å². The molecule has 23 heavy (non-hydrogen) atoms. The molecule has 3 aromatic rings. The molecule has 3 heterocycles. The number of ketones is 1. The minimum absolute atomic E-state index is 0.0186. The Kier molecular flexibility index (Phi) is 4.38. The van der Waals surface area contributed by atoms with Crippen LogP contribution in [0.4, 0.5) is 5.13 Å². The molecule has 7 heteroatoms. The number of furan rings is 2. The molecule has 0 radical (unpaired) electrons. The Morgan fingerprint density at radius 2 is 2.00 bits per heavy atom. The summed E-state index contributed by atoms with van der Waals surface area (Å²) in [6.07, 6.45) is 4.09. The van der Waals surface area contributed by atoms with Crippen molar-refractivity contribution < 1.29 is 18.4 Å². The van der Waals surface area contributed by atoms with Gasteiger partial charge in [-0.05, 0) is 30.7 Å². The smallest absolute Gasteiger partial charge is 0.293 e. The first-order chi connectivity index (χ1) is 11.2. The molecule has 1 amide bonds. The van der Waals surface area contributed by atoms with Gasteiger partial charge in [0.1, 0.15) is 10.6 Å². The lowest BCUT2D eigenvalue weighted by molar-refractivity contribution is 0.0981. The minimum Gasteiger partial charge on any atom is -0.463 e. The predicted molar refractivity (Wildman–Crippen MR) is 85.7 cm³/mol. The largest absolute Gasteiger partial charge is 0.463 e. The van der Waals surface area contributed by atoms with Gasteiger partial charge in [-0.3, -0.25) is 14.9 Å². The SMILES string of the molecule is CCCC(=O)c1sc(NC(=O)c2ccco2)nc1-c1ccco1. The van der Waals surface area contributed by atoms with Gasteiger partial charge in [-0.25, -0.2) is 4.98 Å². The molecule has 0 spiro atoms. The number of hydrogen-bond donors (Lipinski definition) is 1. The maximum atomic E-state index is 12.3. The highest BCUT2D eigenvalue weighted by Gasteiger charge is 2.22. The quantitative estimate of drug-likeness (QED) is 0.684. The summed E-state index contributed by atoms with van der Waals surface area (Å²) in [5, 5.41) is 2.98. The lowest BCUT2D eigenvalue weighted by Gasteiger charge is -1.96. The van der Waals surface area contributed by atoms with E-state index < -0.39 is 5.91 Å². The molecule has 0 aliphatic heterocycles. The molecule has 0 aliphatic carbocycles. The molecule has 0 unspecified atom stereocenters. The summed E-state index contributed by atoms with van der Waals surface area (Å²) in [6.45, 7) is 1.94. The molecule has 6 nitrogen and oxygen atoms in total. The molecule has 3 rings (SSSR count). The van der Waals surface area contributed by atoms with Crippen molar-refractivity contribution in [1.29, 1.82) is 0 Å². The molecule has 0 saturated carbocycles. The van der Waals surface area contributed by atoms with Gasteiger partial charge in [-0.2, -0.15) is 0 Å². The Hall–Kier alpha value is -2.67. The van der Waals surface area contributed by atoms with E-state index in [-0.39, 0.29) is 11.5 Å². The summed E-state index contributed by atoms with van der Waals surface area (Å²) in [6, 6.07) is 6.64. The van der Waals surface area contributed by atoms with E-state index in [1.807, 2.05) is 6.92 Å². The number of hydrogen-bond acceptors (Lipinski definition) is 6. The third kappa shape index (κ3) is 3.24. The van der Waals surface area contributed by atoms with Gasteiger partial charge in [0.05, 0.1) is 12.5 Å². The predicted octanol–water partition coefficient (Wildman–Crippen LogP) is 4.23. The van der Waals surface area contributed by atoms with Gasteiger partial charge < -0.3 is 8.83 Å². The van der Waals surface area contributed by atoms with Crippen LogP contribution in [0.25, 0.3) is 11.5 Å². The molecule has 0 bridgehead atoms. The summed E-state index contributed by atoms with van der Waals surface area (Å²) in [4.78, 5) is 29.1. The van der Waals surface area contributed by atoms with Crippen LogP contribution in [0.2, 0.25) is 0 Å². The topological polar surface area (TPSA) is 85.3 Å². The fourth-order valence-electron chi connectivity index (χ4n) is 2.05. The van der Waals surface area contributed by atoms with Gasteiger partial charge in [-0.15, -0.1) is 0 Å². The van der Waals surface area contributed by atoms with Crippen molar-refractivity contribution in [2.75, 3.05) is 5.32 Å². The molecule has 0 fully saturated rings. The monoisotopic (exact) mass is 330 g/mol. The zero-order valence-electron chi connectivity index (χ0n) is 12.4. The van der Waals surface area contributed by atoms with Crippen LogP contribution >= 0.6 is 11.3 Å². The van der Waals surface area contributed by atoms with Crippen LogP contribution in [-0.4, -0.2) is 16.7 Å². The van der Waals surface area contributed by atoms with Gasteiger partial charge in [-0.1, -0.05) is 18.3 Å². The molecule has 0 aliphatic rings. The number of amides is 1. The molecular formula is C16H14N2O4S. The van der Waals surface area contributed by atoms with Gasteiger partial charge in [0.2, 0.25) is 0 Å². The number of Topliss-reactive ketones (excluding diaryl/α,β-unsaturated/α-hetero) is 1. The zero-order valence-corrected chi connectivity index (χ0v) is 13.2. The Morgan fingerprint density at radius 3 is 2.65 bits per heavy atom. The van der Waals surface area contributed by atoms with Gasteiger partial charge in [0.25, 0.3) is 5.91 Å². The number of carbonyl (C=O) groups is 2. The summed E-state index contributed by atoms with van der Waals surface area (Å²) in [5.41, 5.74) is 0.452. The molecule has 1 N–H and O–H groups in total. The maximum Gasteiger partial charge on any atom is 0.293 e. The van der Waals surface area contributed by atoms with Crippen molar-refractivity contribution in [2.45, 2.75) is 19.8 Å². The molecule has 0 atom stereocenters. The maximum absolute atomic E-state index is 12.3. The van der Waals surface area contributed by atoms with E-state index in [4.69, 9.17) is 8.83 Å². The van der Waals surface area contributed by atoms with Crippen LogP contribution in [-0.2, 0) is 0 Å². The number of aromatic nitrogens is 1. The van der Waals surface area contributed by atoms with E-state index in [0.717, 1.165) is 17.8 Å². The number of thiazole rings is 1. The van der Waals surface area contributed by atoms with Crippen LogP contribution in [0, 0.1) is 0 Å². The minimum atomic E-state index is -0.413. The standard InChI is InChI=1S/C16H14N2O4S/c1-2-5-10(19)14-13(11-6-3-8-21-11)17-16(23-14)18-15(20)12-7-4-9-22-12/h3-4,6-9H,2,5H2,1H3,(H,17,18,20). The zero-order chi connectivity index (χ0) is 16.2. The summed E-state index contributed by atoms with van der Waals surface area (Å²) in [5.74, 6) is 0.250. The first kappa shape index (κ1) is 15.2. The van der Waals surface area contributed by atoms with E-state index in [2.05, 4.69) is 10.3 Å². The Bertz CT molecular complexity index is 803. The van der Waals surface area contributed by atoms with Crippen molar-refractivity contribution in [3.63, 3.8) is 0 Å². The second-order valence-electron chi connectivity index (χ2n) is 4.78. The number of anilines is 1. The summed E-state index contributed by atoms with van der Waals surface area (Å²) in [7, 11) is 0. The third-order valence-corrected chi connectivity index (χ3v) is 4.09. The molecule has 118 valence electrons. The highest BCUT2D eigenvalue weighted by Crippen LogP contribution is 2.32. The normalized spacial score (nSPS) is 10.7. The highest BCUT2D eigenvalue weighted by molar-refractivity contribution is 7.18. The fourth-order valence-corrected chi connectivity index (χ4v) is 2.98. The van der Waals surface area contributed by atoms with Crippen LogP contribution in [0.15, 0.2) is 45.6 Å². The average Bonchev–Trinajstić information content (AvgIpc) is 3.28. The van der Waals surface area contributed by atoms with Gasteiger partial charge in [0, 0.05) is 6.42 Å². The van der Waals surface area contributed by atoms with E-state index in [0.29, 0.717) is 27.9 Å². The number of nitrogens with zero attached hydrogens (tertiary/aromatic N) is 1. The number of carbonyl (C=O) groups excluding carboxylic acids is 2. The lowest BCUT2D eigenvalue weighted by Crippen LogP contribution is -2.10. The van der Waals surface area contributed by atoms with Gasteiger partial charge >= 0.3 is 0 Å². The van der Waals surface area contributed by atoms with Crippen molar-refractivity contribution >= 4 is 28.2 Å². The summed E-state index contributed by atoms with van der Waals surface area (Å²) >= 11 is 1.14. The third-order valence-electron chi connectivity index (χ3n) is 3.08. The second kappa shape index (κ2) is 6.62. The fraction of sp³-hybridized carbons (Fsp3) is 0.188. The van der Waals surface area contributed by atoms with Crippen LogP contribution in [0.1, 0.15) is 40.0 Å². The second-order valence-corrected chi connectivity index (χ2v) is 5.78. The molecular weight excluding hydrogens is 316 g/mol.